The molecule has 1 unspecified atom stereocenters. The summed E-state index contributed by atoms with van der Waals surface area (Å²) >= 11 is 0. The Balaban J connectivity index is 1.66. The highest BCUT2D eigenvalue weighted by molar-refractivity contribution is 5.70. The van der Waals surface area contributed by atoms with Gasteiger partial charge >= 0.3 is 5.97 Å². The van der Waals surface area contributed by atoms with Crippen LogP contribution < -0.4 is 5.32 Å². The highest BCUT2D eigenvalue weighted by atomic mass is 16.5. The zero-order chi connectivity index (χ0) is 9.80. The van der Waals surface area contributed by atoms with Crippen molar-refractivity contribution in [3.63, 3.8) is 0 Å². The van der Waals surface area contributed by atoms with Gasteiger partial charge in [0.1, 0.15) is 6.10 Å². The van der Waals surface area contributed by atoms with Gasteiger partial charge in [0.25, 0.3) is 0 Å². The van der Waals surface area contributed by atoms with Crippen molar-refractivity contribution in [1.29, 1.82) is 0 Å². The van der Waals surface area contributed by atoms with E-state index in [2.05, 4.69) is 5.32 Å². The van der Waals surface area contributed by atoms with E-state index < -0.39 is 0 Å². The smallest absolute Gasteiger partial charge is 0.306 e. The summed E-state index contributed by atoms with van der Waals surface area (Å²) < 4.78 is 5.41. The van der Waals surface area contributed by atoms with Crippen molar-refractivity contribution < 1.29 is 9.53 Å². The average Bonchev–Trinajstić information content (AvgIpc) is 2.76. The number of ether oxygens (including phenoxy) is 1. The molecule has 1 atom stereocenters. The molecule has 0 aromatic heterocycles. The predicted molar refractivity (Wildman–Crippen MR) is 53.9 cm³/mol. The molecule has 0 bridgehead atoms. The molecule has 1 aliphatic carbocycles. The van der Waals surface area contributed by atoms with Crippen LogP contribution in [0.4, 0.5) is 0 Å². The molecule has 1 aliphatic heterocycles. The zero-order valence-electron chi connectivity index (χ0n) is 8.63. The fourth-order valence-electron chi connectivity index (χ4n) is 2.36. The molecule has 1 heterocycles. The lowest BCUT2D eigenvalue weighted by Crippen LogP contribution is -2.19. The number of hydrogen-bond acceptors (Lipinski definition) is 3. The quantitative estimate of drug-likeness (QED) is 0.696. The van der Waals surface area contributed by atoms with Crippen molar-refractivity contribution in [3.8, 4) is 0 Å². The second-order valence-corrected chi connectivity index (χ2v) is 4.46. The maximum Gasteiger partial charge on any atom is 0.306 e. The number of esters is 1. The van der Waals surface area contributed by atoms with Gasteiger partial charge in [0, 0.05) is 6.42 Å². The lowest BCUT2D eigenvalue weighted by Gasteiger charge is -2.13. The molecule has 0 amide bonds. The fraction of sp³-hybridized carbons (Fsp3) is 0.909. The van der Waals surface area contributed by atoms with Crippen LogP contribution in [-0.2, 0) is 9.53 Å². The van der Waals surface area contributed by atoms with Crippen molar-refractivity contribution in [2.75, 3.05) is 13.1 Å². The van der Waals surface area contributed by atoms with Crippen LogP contribution in [0.15, 0.2) is 0 Å². The van der Waals surface area contributed by atoms with Crippen LogP contribution in [-0.4, -0.2) is 25.2 Å². The second kappa shape index (κ2) is 4.78. The Hall–Kier alpha value is -0.570. The van der Waals surface area contributed by atoms with E-state index in [1.165, 1.54) is 12.8 Å². The van der Waals surface area contributed by atoms with Crippen LogP contribution in [0.5, 0.6) is 0 Å². The molecular formula is C11H19NO2. The standard InChI is InChI=1S/C11H19NO2/c13-11(7-9-5-6-12-8-9)14-10-3-1-2-4-10/h9-10,12H,1-8H2. The summed E-state index contributed by atoms with van der Waals surface area (Å²) in [5, 5.41) is 3.26. The maximum atomic E-state index is 11.5. The van der Waals surface area contributed by atoms with Gasteiger partial charge in [-0.05, 0) is 51.1 Å². The predicted octanol–water partition coefficient (Wildman–Crippen LogP) is 1.47. The van der Waals surface area contributed by atoms with E-state index in [0.717, 1.165) is 32.4 Å². The highest BCUT2D eigenvalue weighted by Gasteiger charge is 2.23. The molecular weight excluding hydrogens is 178 g/mol. The van der Waals surface area contributed by atoms with Crippen molar-refractivity contribution >= 4 is 5.97 Å². The zero-order valence-corrected chi connectivity index (χ0v) is 8.63. The fourth-order valence-corrected chi connectivity index (χ4v) is 2.36. The number of hydrogen-bond donors (Lipinski definition) is 1. The molecule has 0 aromatic rings. The molecule has 14 heavy (non-hydrogen) atoms. The summed E-state index contributed by atoms with van der Waals surface area (Å²) in [6.45, 7) is 2.04. The molecule has 1 saturated carbocycles. The van der Waals surface area contributed by atoms with Gasteiger partial charge in [-0.2, -0.15) is 0 Å². The first-order valence-corrected chi connectivity index (χ1v) is 5.75. The van der Waals surface area contributed by atoms with Gasteiger partial charge in [-0.3, -0.25) is 4.79 Å². The lowest BCUT2D eigenvalue weighted by molar-refractivity contribution is -0.149. The van der Waals surface area contributed by atoms with Gasteiger partial charge < -0.3 is 10.1 Å². The van der Waals surface area contributed by atoms with Crippen molar-refractivity contribution in [2.24, 2.45) is 5.92 Å². The summed E-state index contributed by atoms with van der Waals surface area (Å²) in [6.07, 6.45) is 6.58. The molecule has 2 aliphatic rings. The van der Waals surface area contributed by atoms with Gasteiger partial charge in [0.05, 0.1) is 0 Å². The van der Waals surface area contributed by atoms with Crippen LogP contribution in [0, 0.1) is 5.92 Å². The first kappa shape index (κ1) is 9.97. The molecule has 0 aromatic carbocycles. The molecule has 2 rings (SSSR count). The molecule has 80 valence electrons. The topological polar surface area (TPSA) is 38.3 Å². The number of carbonyl (C=O) groups excluding carboxylic acids is 1. The van der Waals surface area contributed by atoms with E-state index in [9.17, 15) is 4.79 Å². The summed E-state index contributed by atoms with van der Waals surface area (Å²) in [7, 11) is 0. The first-order chi connectivity index (χ1) is 6.84. The second-order valence-electron chi connectivity index (χ2n) is 4.46. The summed E-state index contributed by atoms with van der Waals surface area (Å²) in [6, 6.07) is 0. The Labute approximate surface area is 85.2 Å². The molecule has 0 spiro atoms. The maximum absolute atomic E-state index is 11.5. The van der Waals surface area contributed by atoms with Gasteiger partial charge in [-0.15, -0.1) is 0 Å². The summed E-state index contributed by atoms with van der Waals surface area (Å²) in [4.78, 5) is 11.5. The van der Waals surface area contributed by atoms with E-state index in [1.54, 1.807) is 0 Å². The first-order valence-electron chi connectivity index (χ1n) is 5.75. The molecule has 0 radical (unpaired) electrons. The number of carbonyl (C=O) groups is 1. The van der Waals surface area contributed by atoms with Crippen LogP contribution in [0.3, 0.4) is 0 Å². The highest BCUT2D eigenvalue weighted by Crippen LogP contribution is 2.22. The normalized spacial score (nSPS) is 28.1. The third kappa shape index (κ3) is 2.71. The summed E-state index contributed by atoms with van der Waals surface area (Å²) in [5.74, 6) is 0.537. The minimum absolute atomic E-state index is 0.0191. The van der Waals surface area contributed by atoms with E-state index in [4.69, 9.17) is 4.74 Å². The Kier molecular flexibility index (Phi) is 3.40. The van der Waals surface area contributed by atoms with Crippen molar-refractivity contribution in [2.45, 2.75) is 44.6 Å². The largest absolute Gasteiger partial charge is 0.462 e. The van der Waals surface area contributed by atoms with E-state index >= 15 is 0 Å². The minimum Gasteiger partial charge on any atom is -0.462 e. The van der Waals surface area contributed by atoms with Crippen molar-refractivity contribution in [3.05, 3.63) is 0 Å². The molecule has 1 N–H and O–H groups in total. The van der Waals surface area contributed by atoms with Crippen LogP contribution in [0.2, 0.25) is 0 Å². The summed E-state index contributed by atoms with van der Waals surface area (Å²) in [5.41, 5.74) is 0. The Morgan fingerprint density at radius 2 is 2.07 bits per heavy atom. The van der Waals surface area contributed by atoms with Gasteiger partial charge in [-0.1, -0.05) is 0 Å². The number of rotatable bonds is 3. The third-order valence-electron chi connectivity index (χ3n) is 3.22. The SMILES string of the molecule is O=C(CC1CCNC1)OC1CCCC1. The van der Waals surface area contributed by atoms with E-state index in [0.29, 0.717) is 12.3 Å². The van der Waals surface area contributed by atoms with Gasteiger partial charge in [0.15, 0.2) is 0 Å². The van der Waals surface area contributed by atoms with Crippen molar-refractivity contribution in [1.82, 2.24) is 5.32 Å². The Morgan fingerprint density at radius 3 is 2.71 bits per heavy atom. The van der Waals surface area contributed by atoms with E-state index in [-0.39, 0.29) is 12.1 Å². The molecule has 2 fully saturated rings. The van der Waals surface area contributed by atoms with Crippen LogP contribution in [0.1, 0.15) is 38.5 Å². The van der Waals surface area contributed by atoms with Crippen LogP contribution in [0.25, 0.3) is 0 Å². The monoisotopic (exact) mass is 197 g/mol. The number of nitrogens with one attached hydrogen (secondary N) is 1. The average molecular weight is 197 g/mol. The third-order valence-corrected chi connectivity index (χ3v) is 3.22. The lowest BCUT2D eigenvalue weighted by atomic mass is 10.1. The van der Waals surface area contributed by atoms with Gasteiger partial charge in [0.2, 0.25) is 0 Å². The minimum atomic E-state index is 0.0191. The molecule has 1 saturated heterocycles. The Morgan fingerprint density at radius 1 is 1.29 bits per heavy atom. The van der Waals surface area contributed by atoms with E-state index in [1.807, 2.05) is 0 Å². The molecule has 3 heteroatoms. The Bertz CT molecular complexity index is 173. The molecule has 3 nitrogen and oxygen atoms in total. The van der Waals surface area contributed by atoms with Crippen LogP contribution >= 0.6 is 0 Å². The van der Waals surface area contributed by atoms with Gasteiger partial charge in [-0.25, -0.2) is 0 Å².